The van der Waals surface area contributed by atoms with Crippen LogP contribution in [-0.4, -0.2) is 16.9 Å². The molecule has 1 aromatic carbocycles. The van der Waals surface area contributed by atoms with Crippen LogP contribution in [-0.2, 0) is 17.8 Å². The van der Waals surface area contributed by atoms with Crippen molar-refractivity contribution in [1.29, 1.82) is 0 Å². The van der Waals surface area contributed by atoms with E-state index in [2.05, 4.69) is 10.3 Å². The molecular formula is C17H21N3O. The van der Waals surface area contributed by atoms with Crippen molar-refractivity contribution in [3.05, 3.63) is 65.5 Å². The third-order valence-electron chi connectivity index (χ3n) is 3.36. The third-order valence-corrected chi connectivity index (χ3v) is 3.36. The lowest BCUT2D eigenvalue weighted by Gasteiger charge is -2.12. The van der Waals surface area contributed by atoms with Gasteiger partial charge in [0.05, 0.1) is 6.04 Å². The predicted octanol–water partition coefficient (Wildman–Crippen LogP) is 1.97. The minimum absolute atomic E-state index is 0.119. The van der Waals surface area contributed by atoms with Crippen molar-refractivity contribution in [2.45, 2.75) is 32.4 Å². The van der Waals surface area contributed by atoms with E-state index in [-0.39, 0.29) is 5.91 Å². The Morgan fingerprint density at radius 2 is 1.95 bits per heavy atom. The van der Waals surface area contributed by atoms with E-state index in [1.807, 2.05) is 49.4 Å². The molecule has 21 heavy (non-hydrogen) atoms. The van der Waals surface area contributed by atoms with E-state index in [0.29, 0.717) is 13.0 Å². The topological polar surface area (TPSA) is 68.0 Å². The predicted molar refractivity (Wildman–Crippen MR) is 83.6 cm³/mol. The molecule has 0 aliphatic heterocycles. The Kier molecular flexibility index (Phi) is 5.46. The quantitative estimate of drug-likeness (QED) is 0.851. The summed E-state index contributed by atoms with van der Waals surface area (Å²) >= 11 is 0. The molecule has 1 aromatic heterocycles. The van der Waals surface area contributed by atoms with E-state index in [1.165, 1.54) is 5.56 Å². The largest absolute Gasteiger partial charge is 0.351 e. The van der Waals surface area contributed by atoms with Gasteiger partial charge in [-0.1, -0.05) is 36.4 Å². The lowest BCUT2D eigenvalue weighted by molar-refractivity contribution is -0.122. The Bertz CT molecular complexity index is 566. The Morgan fingerprint density at radius 1 is 1.19 bits per heavy atom. The molecule has 1 amide bonds. The molecule has 0 fully saturated rings. The van der Waals surface area contributed by atoms with Crippen LogP contribution in [0.25, 0.3) is 0 Å². The van der Waals surface area contributed by atoms with Crippen molar-refractivity contribution in [3.8, 4) is 0 Å². The van der Waals surface area contributed by atoms with Crippen LogP contribution in [0.4, 0.5) is 0 Å². The first-order chi connectivity index (χ1) is 10.1. The van der Waals surface area contributed by atoms with Crippen LogP contribution in [0, 0.1) is 6.92 Å². The smallest absolute Gasteiger partial charge is 0.237 e. The van der Waals surface area contributed by atoms with Gasteiger partial charge in [0.1, 0.15) is 0 Å². The van der Waals surface area contributed by atoms with Crippen LogP contribution < -0.4 is 11.1 Å². The van der Waals surface area contributed by atoms with Gasteiger partial charge in [-0.25, -0.2) is 0 Å². The van der Waals surface area contributed by atoms with Crippen LogP contribution in [0.5, 0.6) is 0 Å². The van der Waals surface area contributed by atoms with Crippen LogP contribution >= 0.6 is 0 Å². The van der Waals surface area contributed by atoms with Crippen molar-refractivity contribution >= 4 is 5.91 Å². The molecule has 0 aliphatic carbocycles. The zero-order valence-corrected chi connectivity index (χ0v) is 12.3. The summed E-state index contributed by atoms with van der Waals surface area (Å²) in [6.07, 6.45) is 3.22. The number of nitrogens with zero attached hydrogens (tertiary/aromatic N) is 1. The summed E-state index contributed by atoms with van der Waals surface area (Å²) in [5.41, 5.74) is 9.06. The third kappa shape index (κ3) is 5.00. The number of amides is 1. The van der Waals surface area contributed by atoms with Crippen LogP contribution in [0.15, 0.2) is 48.7 Å². The Labute approximate surface area is 125 Å². The summed E-state index contributed by atoms with van der Waals surface area (Å²) in [7, 11) is 0. The summed E-state index contributed by atoms with van der Waals surface area (Å²) < 4.78 is 0. The number of aryl methyl sites for hydroxylation is 2. The van der Waals surface area contributed by atoms with Crippen LogP contribution in [0.3, 0.4) is 0 Å². The van der Waals surface area contributed by atoms with E-state index in [1.54, 1.807) is 6.20 Å². The van der Waals surface area contributed by atoms with Gasteiger partial charge in [0.2, 0.25) is 5.91 Å². The van der Waals surface area contributed by atoms with Crippen molar-refractivity contribution in [3.63, 3.8) is 0 Å². The number of carbonyl (C=O) groups is 1. The van der Waals surface area contributed by atoms with Crippen molar-refractivity contribution in [1.82, 2.24) is 10.3 Å². The first-order valence-electron chi connectivity index (χ1n) is 7.14. The second-order valence-electron chi connectivity index (χ2n) is 5.16. The molecule has 1 unspecified atom stereocenters. The maximum Gasteiger partial charge on any atom is 0.237 e. The molecule has 0 bridgehead atoms. The molecular weight excluding hydrogens is 262 g/mol. The number of hydrogen-bond acceptors (Lipinski definition) is 3. The summed E-state index contributed by atoms with van der Waals surface area (Å²) in [5.74, 6) is -0.119. The van der Waals surface area contributed by atoms with Crippen LogP contribution in [0.2, 0.25) is 0 Å². The molecule has 0 radical (unpaired) electrons. The number of carbonyl (C=O) groups excluding carboxylic acids is 1. The average Bonchev–Trinajstić information content (AvgIpc) is 2.52. The highest BCUT2D eigenvalue weighted by Crippen LogP contribution is 2.04. The van der Waals surface area contributed by atoms with Gasteiger partial charge in [-0.05, 0) is 37.0 Å². The molecule has 4 heteroatoms. The molecule has 2 rings (SSSR count). The van der Waals surface area contributed by atoms with Gasteiger partial charge in [-0.3, -0.25) is 9.78 Å². The summed E-state index contributed by atoms with van der Waals surface area (Å²) in [6, 6.07) is 13.5. The van der Waals surface area contributed by atoms with E-state index >= 15 is 0 Å². The lowest BCUT2D eigenvalue weighted by Crippen LogP contribution is -2.40. The molecule has 0 saturated heterocycles. The Morgan fingerprint density at radius 3 is 2.62 bits per heavy atom. The number of pyridine rings is 1. The number of benzene rings is 1. The number of nitrogens with one attached hydrogen (secondary N) is 1. The van der Waals surface area contributed by atoms with Gasteiger partial charge in [-0.2, -0.15) is 0 Å². The highest BCUT2D eigenvalue weighted by atomic mass is 16.2. The van der Waals surface area contributed by atoms with E-state index in [0.717, 1.165) is 17.7 Å². The first kappa shape index (κ1) is 15.2. The van der Waals surface area contributed by atoms with Crippen molar-refractivity contribution in [2.75, 3.05) is 0 Å². The standard InChI is InChI=1S/C17H21N3O/c1-13-7-8-15(11-19-13)12-20-17(21)16(18)10-9-14-5-3-2-4-6-14/h2-8,11,16H,9-10,12,18H2,1H3,(H,20,21). The second-order valence-corrected chi connectivity index (χ2v) is 5.16. The fourth-order valence-electron chi connectivity index (χ4n) is 2.02. The normalized spacial score (nSPS) is 11.9. The number of rotatable bonds is 6. The molecule has 3 N–H and O–H groups in total. The summed E-state index contributed by atoms with van der Waals surface area (Å²) in [4.78, 5) is 16.1. The molecule has 0 aliphatic rings. The first-order valence-corrected chi connectivity index (χ1v) is 7.14. The summed E-state index contributed by atoms with van der Waals surface area (Å²) in [5, 5.41) is 2.85. The Hall–Kier alpha value is -2.20. The molecule has 1 heterocycles. The lowest BCUT2D eigenvalue weighted by atomic mass is 10.1. The fourth-order valence-corrected chi connectivity index (χ4v) is 2.02. The van der Waals surface area contributed by atoms with E-state index < -0.39 is 6.04 Å². The molecule has 0 saturated carbocycles. The number of hydrogen-bond donors (Lipinski definition) is 2. The van der Waals surface area contributed by atoms with Crippen molar-refractivity contribution < 1.29 is 4.79 Å². The van der Waals surface area contributed by atoms with Gasteiger partial charge in [0.25, 0.3) is 0 Å². The van der Waals surface area contributed by atoms with Gasteiger partial charge >= 0.3 is 0 Å². The van der Waals surface area contributed by atoms with E-state index in [4.69, 9.17) is 5.73 Å². The minimum atomic E-state index is -0.483. The second kappa shape index (κ2) is 7.55. The highest BCUT2D eigenvalue weighted by molar-refractivity contribution is 5.81. The van der Waals surface area contributed by atoms with Gasteiger partial charge < -0.3 is 11.1 Å². The van der Waals surface area contributed by atoms with Gasteiger partial charge in [0, 0.05) is 18.4 Å². The molecule has 4 nitrogen and oxygen atoms in total. The highest BCUT2D eigenvalue weighted by Gasteiger charge is 2.12. The molecule has 110 valence electrons. The minimum Gasteiger partial charge on any atom is -0.351 e. The zero-order chi connectivity index (χ0) is 15.1. The fraction of sp³-hybridized carbons (Fsp3) is 0.294. The SMILES string of the molecule is Cc1ccc(CNC(=O)C(N)CCc2ccccc2)cn1. The number of nitrogens with two attached hydrogens (primary N) is 1. The summed E-state index contributed by atoms with van der Waals surface area (Å²) in [6.45, 7) is 2.40. The van der Waals surface area contributed by atoms with Gasteiger partial charge in [0.15, 0.2) is 0 Å². The average molecular weight is 283 g/mol. The van der Waals surface area contributed by atoms with Crippen LogP contribution in [0.1, 0.15) is 23.2 Å². The van der Waals surface area contributed by atoms with Gasteiger partial charge in [-0.15, -0.1) is 0 Å². The number of aromatic nitrogens is 1. The molecule has 1 atom stereocenters. The monoisotopic (exact) mass is 283 g/mol. The molecule has 2 aromatic rings. The Balaban J connectivity index is 1.76. The maximum absolute atomic E-state index is 11.9. The van der Waals surface area contributed by atoms with E-state index in [9.17, 15) is 4.79 Å². The zero-order valence-electron chi connectivity index (χ0n) is 12.3. The molecule has 0 spiro atoms. The van der Waals surface area contributed by atoms with Crippen molar-refractivity contribution in [2.24, 2.45) is 5.73 Å². The maximum atomic E-state index is 11.9.